The molecule has 0 unspecified atom stereocenters. The highest BCUT2D eigenvalue weighted by molar-refractivity contribution is 8.13. The number of aryl methyl sites for hydroxylation is 2. The van der Waals surface area contributed by atoms with Crippen LogP contribution in [0.25, 0.3) is 0 Å². The number of thioether (sulfide) groups is 1. The number of hydrogen-bond acceptors (Lipinski definition) is 4. The van der Waals surface area contributed by atoms with Gasteiger partial charge in [0.1, 0.15) is 5.76 Å². The van der Waals surface area contributed by atoms with Gasteiger partial charge in [0.05, 0.1) is 11.4 Å². The molecule has 0 saturated carbocycles. The Morgan fingerprint density at radius 1 is 1.53 bits per heavy atom. The maximum atomic E-state index is 7.37. The second kappa shape index (κ2) is 4.83. The van der Waals surface area contributed by atoms with E-state index in [1.165, 1.54) is 0 Å². The number of oxazole rings is 1. The van der Waals surface area contributed by atoms with Gasteiger partial charge in [-0.3, -0.25) is 5.41 Å². The predicted octanol–water partition coefficient (Wildman–Crippen LogP) is 0.733. The zero-order valence-corrected chi connectivity index (χ0v) is 9.39. The van der Waals surface area contributed by atoms with E-state index in [2.05, 4.69) is 9.98 Å². The molecular formula is C8H13N5OS. The Morgan fingerprint density at radius 3 is 2.67 bits per heavy atom. The van der Waals surface area contributed by atoms with Gasteiger partial charge in [-0.15, -0.1) is 0 Å². The number of nitrogens with two attached hydrogens (primary N) is 2. The molecule has 0 radical (unpaired) electrons. The van der Waals surface area contributed by atoms with E-state index in [1.807, 2.05) is 13.8 Å². The number of aliphatic imine (C=N–C) groups is 1. The molecule has 0 aliphatic carbocycles. The summed E-state index contributed by atoms with van der Waals surface area (Å²) in [7, 11) is 0. The lowest BCUT2D eigenvalue weighted by molar-refractivity contribution is 0.490. The molecule has 0 spiro atoms. The SMILES string of the molecule is Cc1nc(CSC(=N)N=C(N)N)oc1C. The van der Waals surface area contributed by atoms with Gasteiger partial charge in [-0.25, -0.2) is 4.98 Å². The molecule has 1 aromatic heterocycles. The number of aromatic nitrogens is 1. The first-order valence-electron chi connectivity index (χ1n) is 4.23. The normalized spacial score (nSPS) is 10.0. The largest absolute Gasteiger partial charge is 0.445 e. The summed E-state index contributed by atoms with van der Waals surface area (Å²) in [6.07, 6.45) is 0. The number of nitrogens with one attached hydrogen (secondary N) is 1. The molecule has 0 aromatic carbocycles. The van der Waals surface area contributed by atoms with Gasteiger partial charge in [0, 0.05) is 0 Å². The van der Waals surface area contributed by atoms with Crippen molar-refractivity contribution in [1.29, 1.82) is 5.41 Å². The van der Waals surface area contributed by atoms with Crippen LogP contribution in [0.1, 0.15) is 17.3 Å². The lowest BCUT2D eigenvalue weighted by Gasteiger charge is -1.95. The second-order valence-electron chi connectivity index (χ2n) is 2.88. The summed E-state index contributed by atoms with van der Waals surface area (Å²) in [5.74, 6) is 1.70. The lowest BCUT2D eigenvalue weighted by Crippen LogP contribution is -2.23. The Morgan fingerprint density at radius 2 is 2.20 bits per heavy atom. The van der Waals surface area contributed by atoms with Crippen molar-refractivity contribution in [1.82, 2.24) is 4.98 Å². The van der Waals surface area contributed by atoms with E-state index in [0.717, 1.165) is 23.2 Å². The molecule has 0 bridgehead atoms. The highest BCUT2D eigenvalue weighted by atomic mass is 32.2. The standard InChI is InChI=1S/C8H13N5OS/c1-4-5(2)14-6(12-4)3-15-8(11)13-7(9)10/h3H2,1-2H3,(H5,9,10,11,13). The van der Waals surface area contributed by atoms with Gasteiger partial charge >= 0.3 is 0 Å². The van der Waals surface area contributed by atoms with Crippen LogP contribution in [0.15, 0.2) is 9.41 Å². The number of hydrogen-bond donors (Lipinski definition) is 3. The zero-order valence-electron chi connectivity index (χ0n) is 8.57. The molecule has 0 aliphatic rings. The summed E-state index contributed by atoms with van der Waals surface area (Å²) in [5.41, 5.74) is 11.1. The zero-order chi connectivity index (χ0) is 11.4. The minimum absolute atomic E-state index is 0.0449. The van der Waals surface area contributed by atoms with Crippen molar-refractivity contribution < 1.29 is 4.42 Å². The summed E-state index contributed by atoms with van der Waals surface area (Å²) in [5, 5.41) is 7.42. The van der Waals surface area contributed by atoms with Crippen molar-refractivity contribution in [2.45, 2.75) is 19.6 Å². The van der Waals surface area contributed by atoms with Crippen LogP contribution in [0.4, 0.5) is 0 Å². The Kier molecular flexibility index (Phi) is 3.73. The van der Waals surface area contributed by atoms with E-state index in [4.69, 9.17) is 21.3 Å². The van der Waals surface area contributed by atoms with Crippen molar-refractivity contribution in [3.8, 4) is 0 Å². The molecule has 15 heavy (non-hydrogen) atoms. The van der Waals surface area contributed by atoms with Gasteiger partial charge in [0.25, 0.3) is 0 Å². The molecule has 0 atom stereocenters. The molecule has 0 saturated heterocycles. The fourth-order valence-electron chi connectivity index (χ4n) is 0.881. The average molecular weight is 227 g/mol. The molecule has 1 aromatic rings. The second-order valence-corrected chi connectivity index (χ2v) is 3.84. The van der Waals surface area contributed by atoms with E-state index in [0.29, 0.717) is 11.6 Å². The van der Waals surface area contributed by atoms with Crippen LogP contribution < -0.4 is 11.5 Å². The Hall–Kier alpha value is -1.50. The van der Waals surface area contributed by atoms with Crippen LogP contribution in [-0.2, 0) is 5.75 Å². The van der Waals surface area contributed by atoms with E-state index >= 15 is 0 Å². The molecule has 1 heterocycles. The monoisotopic (exact) mass is 227 g/mol. The molecule has 82 valence electrons. The van der Waals surface area contributed by atoms with E-state index in [9.17, 15) is 0 Å². The summed E-state index contributed by atoms with van der Waals surface area (Å²) >= 11 is 1.16. The van der Waals surface area contributed by atoms with Gasteiger partial charge in [-0.2, -0.15) is 4.99 Å². The smallest absolute Gasteiger partial charge is 0.205 e. The van der Waals surface area contributed by atoms with Gasteiger partial charge in [0.2, 0.25) is 5.89 Å². The van der Waals surface area contributed by atoms with Crippen LogP contribution in [0.3, 0.4) is 0 Å². The minimum atomic E-state index is -0.118. The van der Waals surface area contributed by atoms with Crippen molar-refractivity contribution in [3.63, 3.8) is 0 Å². The van der Waals surface area contributed by atoms with Crippen LogP contribution in [0.5, 0.6) is 0 Å². The molecule has 0 fully saturated rings. The van der Waals surface area contributed by atoms with Crippen LogP contribution in [0, 0.1) is 19.3 Å². The topological polar surface area (TPSA) is 114 Å². The van der Waals surface area contributed by atoms with Gasteiger partial charge in [-0.05, 0) is 13.8 Å². The summed E-state index contributed by atoms with van der Waals surface area (Å²) < 4.78 is 5.33. The summed E-state index contributed by atoms with van der Waals surface area (Å²) in [6, 6.07) is 0. The highest BCUT2D eigenvalue weighted by Gasteiger charge is 2.06. The summed E-state index contributed by atoms with van der Waals surface area (Å²) in [6.45, 7) is 3.71. The maximum absolute atomic E-state index is 7.37. The van der Waals surface area contributed by atoms with Gasteiger partial charge in [0.15, 0.2) is 11.1 Å². The van der Waals surface area contributed by atoms with E-state index in [1.54, 1.807) is 0 Å². The molecule has 0 amide bonds. The number of rotatable bonds is 2. The fraction of sp³-hybridized carbons (Fsp3) is 0.375. The van der Waals surface area contributed by atoms with E-state index in [-0.39, 0.29) is 11.1 Å². The molecule has 1 rings (SSSR count). The van der Waals surface area contributed by atoms with Crippen molar-refractivity contribution in [2.24, 2.45) is 16.5 Å². The van der Waals surface area contributed by atoms with Crippen LogP contribution in [0.2, 0.25) is 0 Å². The number of nitrogens with zero attached hydrogens (tertiary/aromatic N) is 2. The first-order valence-corrected chi connectivity index (χ1v) is 5.21. The highest BCUT2D eigenvalue weighted by Crippen LogP contribution is 2.15. The van der Waals surface area contributed by atoms with Crippen LogP contribution >= 0.6 is 11.8 Å². The maximum Gasteiger partial charge on any atom is 0.205 e. The Bertz CT molecular complexity index is 374. The van der Waals surface area contributed by atoms with Gasteiger partial charge in [-0.1, -0.05) is 11.8 Å². The predicted molar refractivity (Wildman–Crippen MR) is 60.8 cm³/mol. The number of amidine groups is 1. The number of guanidine groups is 1. The quantitative estimate of drug-likeness (QED) is 0.509. The third-order valence-electron chi connectivity index (χ3n) is 1.64. The third-order valence-corrected chi connectivity index (χ3v) is 2.39. The Labute approximate surface area is 91.7 Å². The molecule has 5 N–H and O–H groups in total. The summed E-state index contributed by atoms with van der Waals surface area (Å²) in [4.78, 5) is 7.74. The van der Waals surface area contributed by atoms with E-state index < -0.39 is 0 Å². The lowest BCUT2D eigenvalue weighted by atomic mass is 10.4. The first kappa shape index (κ1) is 11.6. The molecule has 7 heteroatoms. The third kappa shape index (κ3) is 3.62. The fourth-order valence-corrected chi connectivity index (χ4v) is 1.43. The van der Waals surface area contributed by atoms with Crippen molar-refractivity contribution in [2.75, 3.05) is 0 Å². The molecule has 6 nitrogen and oxygen atoms in total. The van der Waals surface area contributed by atoms with Gasteiger partial charge < -0.3 is 15.9 Å². The first-order chi connectivity index (χ1) is 6.99. The van der Waals surface area contributed by atoms with Crippen molar-refractivity contribution >= 4 is 22.9 Å². The Balaban J connectivity index is 2.51. The minimum Gasteiger partial charge on any atom is -0.445 e. The average Bonchev–Trinajstić information content (AvgIpc) is 2.42. The molecular weight excluding hydrogens is 214 g/mol. The van der Waals surface area contributed by atoms with Crippen LogP contribution in [-0.4, -0.2) is 16.1 Å². The molecule has 0 aliphatic heterocycles. The van der Waals surface area contributed by atoms with Crippen molar-refractivity contribution in [3.05, 3.63) is 17.3 Å².